The lowest BCUT2D eigenvalue weighted by Gasteiger charge is -2.27. The molecule has 6 rings (SSSR count). The highest BCUT2D eigenvalue weighted by molar-refractivity contribution is 7.13. The highest BCUT2D eigenvalue weighted by Crippen LogP contribution is 2.40. The van der Waals surface area contributed by atoms with Crippen molar-refractivity contribution in [3.05, 3.63) is 60.4 Å². The quantitative estimate of drug-likeness (QED) is 0.425. The molecule has 1 aromatic carbocycles. The molecule has 0 amide bonds. The Morgan fingerprint density at radius 3 is 2.76 bits per heavy atom. The summed E-state index contributed by atoms with van der Waals surface area (Å²) in [7, 11) is 0. The molecule has 0 bridgehead atoms. The lowest BCUT2D eigenvalue weighted by Crippen LogP contribution is -2.16. The zero-order valence-corrected chi connectivity index (χ0v) is 16.6. The SMILES string of the molecule is Nc1ncnc2c1c(-c1ccc3ccc(-c4cccs4)nc3c1)cn2C1CCC1. The van der Waals surface area contributed by atoms with Crippen molar-refractivity contribution >= 4 is 39.1 Å². The van der Waals surface area contributed by atoms with Crippen LogP contribution in [-0.4, -0.2) is 19.5 Å². The van der Waals surface area contributed by atoms with E-state index in [1.54, 1.807) is 17.7 Å². The normalized spacial score (nSPS) is 14.5. The highest BCUT2D eigenvalue weighted by atomic mass is 32.1. The maximum atomic E-state index is 6.29. The van der Waals surface area contributed by atoms with Crippen molar-refractivity contribution in [2.75, 3.05) is 5.73 Å². The van der Waals surface area contributed by atoms with E-state index in [0.29, 0.717) is 11.9 Å². The summed E-state index contributed by atoms with van der Waals surface area (Å²) in [6.07, 6.45) is 7.41. The minimum Gasteiger partial charge on any atom is -0.383 e. The number of nitrogens with zero attached hydrogens (tertiary/aromatic N) is 4. The average molecular weight is 398 g/mol. The van der Waals surface area contributed by atoms with Crippen LogP contribution in [0.15, 0.2) is 60.4 Å². The van der Waals surface area contributed by atoms with Crippen molar-refractivity contribution in [2.24, 2.45) is 0 Å². The Balaban J connectivity index is 1.55. The molecule has 0 spiro atoms. The fourth-order valence-corrected chi connectivity index (χ4v) is 4.81. The Morgan fingerprint density at radius 1 is 1.07 bits per heavy atom. The first kappa shape index (κ1) is 16.7. The van der Waals surface area contributed by atoms with E-state index >= 15 is 0 Å². The van der Waals surface area contributed by atoms with Crippen molar-refractivity contribution < 1.29 is 0 Å². The maximum absolute atomic E-state index is 6.29. The van der Waals surface area contributed by atoms with Crippen LogP contribution in [0.1, 0.15) is 25.3 Å². The second-order valence-electron chi connectivity index (χ2n) is 7.57. The van der Waals surface area contributed by atoms with Crippen LogP contribution >= 0.6 is 11.3 Å². The molecule has 4 aromatic heterocycles. The van der Waals surface area contributed by atoms with Gasteiger partial charge in [-0.15, -0.1) is 11.3 Å². The van der Waals surface area contributed by atoms with E-state index in [-0.39, 0.29) is 0 Å². The standard InChI is InChI=1S/C23H19N5S/c24-22-21-17(12-28(16-3-1-4-16)23(21)26-13-25-22)15-7-6-14-8-9-18(27-19(14)11-15)20-5-2-10-29-20/h2,5-13,16H,1,3-4H2,(H2,24,25,26). The van der Waals surface area contributed by atoms with Crippen LogP contribution in [0.2, 0.25) is 0 Å². The van der Waals surface area contributed by atoms with Crippen molar-refractivity contribution in [1.29, 1.82) is 0 Å². The lowest BCUT2D eigenvalue weighted by molar-refractivity contribution is 0.320. The Labute approximate surface area is 171 Å². The molecule has 2 N–H and O–H groups in total. The van der Waals surface area contributed by atoms with Gasteiger partial charge in [0.15, 0.2) is 0 Å². The molecule has 1 fully saturated rings. The van der Waals surface area contributed by atoms with E-state index in [1.165, 1.54) is 24.1 Å². The highest BCUT2D eigenvalue weighted by Gasteiger charge is 2.24. The number of hydrogen-bond donors (Lipinski definition) is 1. The first-order valence-corrected chi connectivity index (χ1v) is 10.7. The predicted molar refractivity (Wildman–Crippen MR) is 119 cm³/mol. The third-order valence-corrected chi connectivity index (χ3v) is 6.78. The summed E-state index contributed by atoms with van der Waals surface area (Å²) in [6.45, 7) is 0. The zero-order valence-electron chi connectivity index (χ0n) is 15.7. The average Bonchev–Trinajstić information content (AvgIpc) is 3.36. The van der Waals surface area contributed by atoms with Gasteiger partial charge in [-0.1, -0.05) is 24.3 Å². The molecule has 1 aliphatic rings. The fourth-order valence-electron chi connectivity index (χ4n) is 4.12. The van der Waals surface area contributed by atoms with Gasteiger partial charge in [-0.3, -0.25) is 0 Å². The zero-order chi connectivity index (χ0) is 19.4. The summed E-state index contributed by atoms with van der Waals surface area (Å²) in [4.78, 5) is 14.9. The number of anilines is 1. The smallest absolute Gasteiger partial charge is 0.146 e. The Hall–Kier alpha value is -3.25. The molecule has 0 unspecified atom stereocenters. The van der Waals surface area contributed by atoms with Gasteiger partial charge in [0.05, 0.1) is 21.5 Å². The number of fused-ring (bicyclic) bond motifs is 2. The molecule has 0 atom stereocenters. The summed E-state index contributed by atoms with van der Waals surface area (Å²) >= 11 is 1.71. The Kier molecular flexibility index (Phi) is 3.67. The molecule has 4 heterocycles. The summed E-state index contributed by atoms with van der Waals surface area (Å²) in [5.41, 5.74) is 11.4. The van der Waals surface area contributed by atoms with Crippen molar-refractivity contribution in [2.45, 2.75) is 25.3 Å². The topological polar surface area (TPSA) is 69.6 Å². The Morgan fingerprint density at radius 2 is 1.97 bits per heavy atom. The first-order chi connectivity index (χ1) is 14.3. The van der Waals surface area contributed by atoms with Gasteiger partial charge in [0.2, 0.25) is 0 Å². The molecule has 1 saturated carbocycles. The first-order valence-electron chi connectivity index (χ1n) is 9.84. The van der Waals surface area contributed by atoms with E-state index in [2.05, 4.69) is 68.6 Å². The lowest BCUT2D eigenvalue weighted by atomic mass is 9.93. The molecular formula is C23H19N5S. The number of rotatable bonds is 3. The van der Waals surface area contributed by atoms with Crippen LogP contribution in [0.4, 0.5) is 5.82 Å². The number of aromatic nitrogens is 4. The monoisotopic (exact) mass is 397 g/mol. The van der Waals surface area contributed by atoms with Gasteiger partial charge in [0.1, 0.15) is 17.8 Å². The van der Waals surface area contributed by atoms with Gasteiger partial charge in [-0.2, -0.15) is 0 Å². The molecule has 142 valence electrons. The Bertz CT molecular complexity index is 1350. The fraction of sp³-hybridized carbons (Fsp3) is 0.174. The van der Waals surface area contributed by atoms with Crippen LogP contribution < -0.4 is 5.73 Å². The van der Waals surface area contributed by atoms with Gasteiger partial charge >= 0.3 is 0 Å². The molecule has 5 aromatic rings. The maximum Gasteiger partial charge on any atom is 0.146 e. The number of benzene rings is 1. The van der Waals surface area contributed by atoms with Gasteiger partial charge in [-0.05, 0) is 48.4 Å². The third kappa shape index (κ3) is 2.63. The van der Waals surface area contributed by atoms with Crippen LogP contribution in [0.25, 0.3) is 43.6 Å². The summed E-state index contributed by atoms with van der Waals surface area (Å²) in [5, 5.41) is 4.14. The number of nitrogens with two attached hydrogens (primary N) is 1. The molecule has 5 nitrogen and oxygen atoms in total. The largest absolute Gasteiger partial charge is 0.383 e. The van der Waals surface area contributed by atoms with Crippen molar-refractivity contribution in [3.63, 3.8) is 0 Å². The minimum absolute atomic E-state index is 0.504. The van der Waals surface area contributed by atoms with Gasteiger partial charge < -0.3 is 10.3 Å². The third-order valence-electron chi connectivity index (χ3n) is 5.88. The van der Waals surface area contributed by atoms with Crippen LogP contribution in [0.3, 0.4) is 0 Å². The van der Waals surface area contributed by atoms with E-state index in [1.807, 2.05) is 0 Å². The van der Waals surface area contributed by atoms with Crippen molar-refractivity contribution in [3.8, 4) is 21.7 Å². The summed E-state index contributed by atoms with van der Waals surface area (Å²) in [6, 6.07) is 15.3. The van der Waals surface area contributed by atoms with Gasteiger partial charge in [-0.25, -0.2) is 15.0 Å². The minimum atomic E-state index is 0.504. The number of pyridine rings is 1. The molecule has 29 heavy (non-hydrogen) atoms. The number of hydrogen-bond acceptors (Lipinski definition) is 5. The van der Waals surface area contributed by atoms with E-state index in [9.17, 15) is 0 Å². The van der Waals surface area contributed by atoms with Crippen LogP contribution in [-0.2, 0) is 0 Å². The molecular weight excluding hydrogens is 378 g/mol. The van der Waals surface area contributed by atoms with E-state index in [4.69, 9.17) is 10.7 Å². The molecule has 6 heteroatoms. The summed E-state index contributed by atoms with van der Waals surface area (Å²) < 4.78 is 2.28. The van der Waals surface area contributed by atoms with Crippen molar-refractivity contribution in [1.82, 2.24) is 19.5 Å². The van der Waals surface area contributed by atoms with Crippen LogP contribution in [0, 0.1) is 0 Å². The number of thiophene rings is 1. The molecule has 0 saturated heterocycles. The molecule has 0 aliphatic heterocycles. The molecule has 1 aliphatic carbocycles. The second-order valence-corrected chi connectivity index (χ2v) is 8.52. The van der Waals surface area contributed by atoms with E-state index < -0.39 is 0 Å². The van der Waals surface area contributed by atoms with Crippen LogP contribution in [0.5, 0.6) is 0 Å². The van der Waals surface area contributed by atoms with Gasteiger partial charge in [0.25, 0.3) is 0 Å². The van der Waals surface area contributed by atoms with Gasteiger partial charge in [0, 0.05) is 23.2 Å². The molecule has 0 radical (unpaired) electrons. The second kappa shape index (κ2) is 6.39. The predicted octanol–water partition coefficient (Wildman–Crippen LogP) is 5.68. The number of nitrogen functional groups attached to an aromatic ring is 1. The van der Waals surface area contributed by atoms with E-state index in [0.717, 1.165) is 38.8 Å². The summed E-state index contributed by atoms with van der Waals surface area (Å²) in [5.74, 6) is 0.531.